The first-order chi connectivity index (χ1) is 8.58. The van der Waals surface area contributed by atoms with Crippen LogP contribution in [0.15, 0.2) is 4.99 Å². The van der Waals surface area contributed by atoms with Crippen molar-refractivity contribution < 1.29 is 19.7 Å². The van der Waals surface area contributed by atoms with Crippen molar-refractivity contribution in [3.63, 3.8) is 0 Å². The third-order valence-electron chi connectivity index (χ3n) is 3.15. The number of ether oxygens (including phenoxy) is 1. The second-order valence-electron chi connectivity index (χ2n) is 4.57. The largest absolute Gasteiger partial charge is 0.390 e. The van der Waals surface area contributed by atoms with Crippen molar-refractivity contribution in [2.75, 3.05) is 39.4 Å². The minimum atomic E-state index is -1.31. The summed E-state index contributed by atoms with van der Waals surface area (Å²) in [6, 6.07) is 0. The summed E-state index contributed by atoms with van der Waals surface area (Å²) in [6.45, 7) is 5.25. The van der Waals surface area contributed by atoms with Crippen molar-refractivity contribution in [1.29, 1.82) is 0 Å². The van der Waals surface area contributed by atoms with Crippen LogP contribution in [0, 0.1) is 0 Å². The average Bonchev–Trinajstić information content (AvgIpc) is 2.57. The quantitative estimate of drug-likeness (QED) is 0.624. The van der Waals surface area contributed by atoms with Gasteiger partial charge in [0.1, 0.15) is 5.84 Å². The second kappa shape index (κ2) is 5.75. The van der Waals surface area contributed by atoms with E-state index in [0.29, 0.717) is 25.6 Å². The lowest BCUT2D eigenvalue weighted by atomic mass is 10.2. The van der Waals surface area contributed by atoms with Crippen LogP contribution in [0.5, 0.6) is 0 Å². The summed E-state index contributed by atoms with van der Waals surface area (Å²) in [4.78, 5) is 18.7. The monoisotopic (exact) mass is 257 g/mol. The Kier molecular flexibility index (Phi) is 4.28. The number of carbonyl (C=O) groups is 1. The Hall–Kier alpha value is -1.02. The number of carbonyl (C=O) groups excluding carboxylic acids is 1. The van der Waals surface area contributed by atoms with Crippen LogP contribution in [0.1, 0.15) is 6.92 Å². The number of hydrogen-bond acceptors (Lipinski definition) is 6. The molecule has 102 valence electrons. The maximum absolute atomic E-state index is 11.6. The highest BCUT2D eigenvalue weighted by molar-refractivity contribution is 6.03. The van der Waals surface area contributed by atoms with E-state index in [0.717, 1.165) is 13.1 Å². The molecule has 1 saturated heterocycles. The predicted molar refractivity (Wildman–Crippen MR) is 64.1 cm³/mol. The molecule has 2 atom stereocenters. The van der Waals surface area contributed by atoms with E-state index in [9.17, 15) is 15.0 Å². The third kappa shape index (κ3) is 3.05. The molecule has 1 amide bonds. The van der Waals surface area contributed by atoms with Gasteiger partial charge in [0.25, 0.3) is 5.91 Å². The maximum Gasteiger partial charge on any atom is 0.279 e. The summed E-state index contributed by atoms with van der Waals surface area (Å²) in [5.41, 5.74) is 0. The molecule has 2 unspecified atom stereocenters. The van der Waals surface area contributed by atoms with E-state index in [1.54, 1.807) is 6.92 Å². The number of aliphatic imine (C=N–C) groups is 1. The molecule has 1 fully saturated rings. The number of aliphatic hydroxyl groups is 2. The van der Waals surface area contributed by atoms with Gasteiger partial charge in [0, 0.05) is 19.6 Å². The summed E-state index contributed by atoms with van der Waals surface area (Å²) >= 11 is 0. The van der Waals surface area contributed by atoms with Gasteiger partial charge in [-0.25, -0.2) is 4.99 Å². The molecule has 0 radical (unpaired) electrons. The standard InChI is InChI=1S/C11H19N3O4/c1-8-12-10(16)11(17)14(8)7-9(15)6-13-2-4-18-5-3-13/h9-10,15-16H,2-7H2,1H3. The molecule has 2 aliphatic rings. The predicted octanol–water partition coefficient (Wildman–Crippen LogP) is -1.74. The number of hydrogen-bond donors (Lipinski definition) is 2. The first-order valence-corrected chi connectivity index (χ1v) is 6.10. The lowest BCUT2D eigenvalue weighted by Crippen LogP contribution is -2.46. The van der Waals surface area contributed by atoms with E-state index < -0.39 is 18.2 Å². The highest BCUT2D eigenvalue weighted by atomic mass is 16.5. The molecule has 18 heavy (non-hydrogen) atoms. The maximum atomic E-state index is 11.6. The molecule has 7 nitrogen and oxygen atoms in total. The first kappa shape index (κ1) is 13.4. The average molecular weight is 257 g/mol. The van der Waals surface area contributed by atoms with Crippen molar-refractivity contribution in [3.05, 3.63) is 0 Å². The van der Waals surface area contributed by atoms with Gasteiger partial charge in [0.15, 0.2) is 0 Å². The Balaban J connectivity index is 1.82. The second-order valence-corrected chi connectivity index (χ2v) is 4.57. The van der Waals surface area contributed by atoms with Crippen molar-refractivity contribution in [2.45, 2.75) is 19.3 Å². The van der Waals surface area contributed by atoms with Crippen molar-refractivity contribution >= 4 is 11.7 Å². The summed E-state index contributed by atoms with van der Waals surface area (Å²) < 4.78 is 5.22. The number of nitrogens with zero attached hydrogens (tertiary/aromatic N) is 3. The van der Waals surface area contributed by atoms with E-state index in [1.807, 2.05) is 0 Å². The number of rotatable bonds is 4. The van der Waals surface area contributed by atoms with Crippen LogP contribution in [0.3, 0.4) is 0 Å². The zero-order valence-electron chi connectivity index (χ0n) is 10.4. The molecule has 2 N–H and O–H groups in total. The van der Waals surface area contributed by atoms with Crippen LogP contribution in [-0.2, 0) is 9.53 Å². The molecule has 0 aromatic carbocycles. The van der Waals surface area contributed by atoms with Crippen LogP contribution in [0.25, 0.3) is 0 Å². The zero-order valence-corrected chi connectivity index (χ0v) is 10.4. The Labute approximate surface area is 106 Å². The van der Waals surface area contributed by atoms with Crippen molar-refractivity contribution in [1.82, 2.24) is 9.80 Å². The van der Waals surface area contributed by atoms with E-state index in [-0.39, 0.29) is 6.54 Å². The SMILES string of the molecule is CC1=NC(O)C(=O)N1CC(O)CN1CCOCC1. The Morgan fingerprint density at radius 2 is 2.11 bits per heavy atom. The number of β-amino-alcohol motifs (C(OH)–C–C–N with tert-alkyl or cyclic N) is 1. The summed E-state index contributed by atoms with van der Waals surface area (Å²) in [7, 11) is 0. The summed E-state index contributed by atoms with van der Waals surface area (Å²) in [5.74, 6) is -0.0120. The molecular formula is C11H19N3O4. The van der Waals surface area contributed by atoms with Gasteiger partial charge in [-0.05, 0) is 6.92 Å². The highest BCUT2D eigenvalue weighted by Gasteiger charge is 2.32. The van der Waals surface area contributed by atoms with Crippen LogP contribution < -0.4 is 0 Å². The minimum Gasteiger partial charge on any atom is -0.390 e. The molecule has 0 aromatic rings. The van der Waals surface area contributed by atoms with Crippen LogP contribution in [0.2, 0.25) is 0 Å². The van der Waals surface area contributed by atoms with Gasteiger partial charge in [-0.1, -0.05) is 0 Å². The van der Waals surface area contributed by atoms with E-state index >= 15 is 0 Å². The molecular weight excluding hydrogens is 238 g/mol. The molecule has 2 heterocycles. The van der Waals surface area contributed by atoms with Gasteiger partial charge < -0.3 is 14.9 Å². The van der Waals surface area contributed by atoms with Crippen LogP contribution >= 0.6 is 0 Å². The lowest BCUT2D eigenvalue weighted by Gasteiger charge is -2.30. The van der Waals surface area contributed by atoms with Crippen molar-refractivity contribution in [3.8, 4) is 0 Å². The fourth-order valence-corrected chi connectivity index (χ4v) is 2.17. The molecule has 2 aliphatic heterocycles. The Morgan fingerprint density at radius 3 is 2.67 bits per heavy atom. The normalized spacial score (nSPS) is 27.5. The van der Waals surface area contributed by atoms with Crippen LogP contribution in [0.4, 0.5) is 0 Å². The van der Waals surface area contributed by atoms with Crippen LogP contribution in [-0.4, -0.2) is 83.5 Å². The fraction of sp³-hybridized carbons (Fsp3) is 0.818. The zero-order chi connectivity index (χ0) is 13.1. The molecule has 0 spiro atoms. The Bertz CT molecular complexity index is 341. The number of amidine groups is 1. The van der Waals surface area contributed by atoms with E-state index in [1.165, 1.54) is 4.90 Å². The molecule has 0 bridgehead atoms. The number of aliphatic hydroxyl groups excluding tert-OH is 2. The smallest absolute Gasteiger partial charge is 0.279 e. The van der Waals surface area contributed by atoms with Gasteiger partial charge in [-0.2, -0.15) is 0 Å². The topological polar surface area (TPSA) is 85.6 Å². The minimum absolute atomic E-state index is 0.169. The molecule has 7 heteroatoms. The summed E-state index contributed by atoms with van der Waals surface area (Å²) in [5, 5.41) is 19.3. The number of amides is 1. The molecule has 0 aromatic heterocycles. The van der Waals surface area contributed by atoms with E-state index in [4.69, 9.17) is 4.74 Å². The first-order valence-electron chi connectivity index (χ1n) is 6.10. The van der Waals surface area contributed by atoms with Crippen molar-refractivity contribution in [2.24, 2.45) is 4.99 Å². The van der Waals surface area contributed by atoms with Gasteiger partial charge in [0.2, 0.25) is 6.23 Å². The summed E-state index contributed by atoms with van der Waals surface area (Å²) in [6.07, 6.45) is -1.96. The highest BCUT2D eigenvalue weighted by Crippen LogP contribution is 2.10. The molecule has 2 rings (SSSR count). The molecule has 0 saturated carbocycles. The van der Waals surface area contributed by atoms with Gasteiger partial charge in [0.05, 0.1) is 25.9 Å². The van der Waals surface area contributed by atoms with Gasteiger partial charge in [-0.15, -0.1) is 0 Å². The molecule has 0 aliphatic carbocycles. The van der Waals surface area contributed by atoms with E-state index in [2.05, 4.69) is 9.89 Å². The van der Waals surface area contributed by atoms with Gasteiger partial charge in [-0.3, -0.25) is 14.6 Å². The fourth-order valence-electron chi connectivity index (χ4n) is 2.17. The van der Waals surface area contributed by atoms with Gasteiger partial charge >= 0.3 is 0 Å². The Morgan fingerprint density at radius 1 is 1.44 bits per heavy atom. The number of morpholine rings is 1. The lowest BCUT2D eigenvalue weighted by molar-refractivity contribution is -0.134. The third-order valence-corrected chi connectivity index (χ3v) is 3.15.